The smallest absolute Gasteiger partial charge is 0.0601 e. The summed E-state index contributed by atoms with van der Waals surface area (Å²) in [6.45, 7) is 0. The van der Waals surface area contributed by atoms with Crippen molar-refractivity contribution in [3.8, 4) is 11.1 Å². The van der Waals surface area contributed by atoms with E-state index in [-0.39, 0.29) is 0 Å². The van der Waals surface area contributed by atoms with Crippen LogP contribution in [0.5, 0.6) is 0 Å². The third-order valence-corrected chi connectivity index (χ3v) is 2.46. The average Bonchev–Trinajstić information content (AvgIpc) is 2.32. The average molecular weight is 207 g/mol. The van der Waals surface area contributed by atoms with Crippen molar-refractivity contribution in [2.24, 2.45) is 0 Å². The minimum absolute atomic E-state index is 1.20. The largest absolute Gasteiger partial charge is 0.101 e. The molecule has 0 nitrogen and oxygen atoms in total. The van der Waals surface area contributed by atoms with Crippen LogP contribution in [0.15, 0.2) is 60.3 Å². The Morgan fingerprint density at radius 3 is 1.93 bits per heavy atom. The molecular weight excluding hydrogens is 196 g/mol. The third kappa shape index (κ3) is 2.45. The zero-order chi connectivity index (χ0) is 10.5. The van der Waals surface area contributed by atoms with Gasteiger partial charge in [0.15, 0.2) is 0 Å². The van der Waals surface area contributed by atoms with Gasteiger partial charge >= 0.3 is 0 Å². The fourth-order valence-corrected chi connectivity index (χ4v) is 1.71. The number of hydrogen-bond donors (Lipinski definition) is 0. The van der Waals surface area contributed by atoms with Gasteiger partial charge in [-0.05, 0) is 16.7 Å². The summed E-state index contributed by atoms with van der Waals surface area (Å²) in [6, 6.07) is 18.9. The highest BCUT2D eigenvalue weighted by Crippen LogP contribution is 2.19. The molecule has 0 aliphatic heterocycles. The molecule has 0 aliphatic carbocycles. The molecule has 2 rings (SSSR count). The van der Waals surface area contributed by atoms with Crippen molar-refractivity contribution < 1.29 is 0 Å². The summed E-state index contributed by atoms with van der Waals surface area (Å²) in [4.78, 5) is 0. The predicted octanol–water partition coefficient (Wildman–Crippen LogP) is 3.49. The molecule has 0 aromatic heterocycles. The van der Waals surface area contributed by atoms with Crippen LogP contribution in [-0.2, 0) is 0 Å². The first-order chi connectivity index (χ1) is 7.40. The molecule has 0 amide bonds. The molecule has 0 heterocycles. The van der Waals surface area contributed by atoms with Crippen molar-refractivity contribution in [1.29, 1.82) is 0 Å². The topological polar surface area (TPSA) is 0 Å². The monoisotopic (exact) mass is 207 g/mol. The second-order valence-corrected chi connectivity index (χ2v) is 3.65. The molecule has 0 bridgehead atoms. The minimum Gasteiger partial charge on any atom is -0.101 e. The van der Waals surface area contributed by atoms with Gasteiger partial charge < -0.3 is 0 Å². The van der Waals surface area contributed by atoms with Crippen LogP contribution in [0.25, 0.3) is 17.2 Å². The summed E-state index contributed by atoms with van der Waals surface area (Å²) in [5.74, 6) is 0. The van der Waals surface area contributed by atoms with E-state index in [9.17, 15) is 0 Å². The van der Waals surface area contributed by atoms with Gasteiger partial charge in [0.05, 0.1) is 10.2 Å². The zero-order valence-electron chi connectivity index (χ0n) is 8.35. The fourth-order valence-electron chi connectivity index (χ4n) is 1.51. The maximum Gasteiger partial charge on any atom is 0.0601 e. The first kappa shape index (κ1) is 9.93. The number of hydrogen-bond acceptors (Lipinski definition) is 0. The molecule has 71 valence electrons. The molecule has 0 atom stereocenters. The van der Waals surface area contributed by atoms with Crippen molar-refractivity contribution >= 4 is 16.3 Å². The molecule has 2 aromatic rings. The molecule has 0 saturated heterocycles. The molecule has 15 heavy (non-hydrogen) atoms. The second kappa shape index (κ2) is 4.76. The van der Waals surface area contributed by atoms with E-state index < -0.39 is 0 Å². The van der Waals surface area contributed by atoms with Crippen LogP contribution < -0.4 is 0 Å². The Morgan fingerprint density at radius 2 is 1.33 bits per heavy atom. The maximum absolute atomic E-state index is 3.31. The molecular formula is C14H11Si. The molecule has 0 N–H and O–H groups in total. The van der Waals surface area contributed by atoms with Gasteiger partial charge in [-0.1, -0.05) is 60.7 Å². The molecule has 0 unspecified atom stereocenters. The Kier molecular flexibility index (Phi) is 3.15. The maximum atomic E-state index is 3.31. The summed E-state index contributed by atoms with van der Waals surface area (Å²) in [6.07, 6.45) is 2.02. The van der Waals surface area contributed by atoms with E-state index in [2.05, 4.69) is 58.8 Å². The molecule has 2 aromatic carbocycles. The lowest BCUT2D eigenvalue weighted by Gasteiger charge is -2.01. The van der Waals surface area contributed by atoms with E-state index in [1.807, 2.05) is 17.8 Å². The Balaban J connectivity index is 2.32. The second-order valence-electron chi connectivity index (χ2n) is 3.32. The van der Waals surface area contributed by atoms with Crippen LogP contribution in [0.2, 0.25) is 0 Å². The summed E-state index contributed by atoms with van der Waals surface area (Å²) in [7, 11) is 3.31. The zero-order valence-corrected chi connectivity index (χ0v) is 9.35. The van der Waals surface area contributed by atoms with Crippen LogP contribution >= 0.6 is 0 Å². The van der Waals surface area contributed by atoms with E-state index in [0.29, 0.717) is 0 Å². The lowest BCUT2D eigenvalue weighted by molar-refractivity contribution is 1.60. The highest BCUT2D eigenvalue weighted by atomic mass is 28.1. The lowest BCUT2D eigenvalue weighted by Crippen LogP contribution is -1.77. The van der Waals surface area contributed by atoms with Crippen LogP contribution in [0.4, 0.5) is 0 Å². The van der Waals surface area contributed by atoms with Gasteiger partial charge in [0.2, 0.25) is 0 Å². The van der Waals surface area contributed by atoms with Crippen molar-refractivity contribution in [3.05, 3.63) is 65.9 Å². The van der Waals surface area contributed by atoms with E-state index in [1.165, 1.54) is 16.7 Å². The molecule has 1 heteroatoms. The predicted molar refractivity (Wildman–Crippen MR) is 66.7 cm³/mol. The highest BCUT2D eigenvalue weighted by Gasteiger charge is 1.94. The van der Waals surface area contributed by atoms with Crippen molar-refractivity contribution in [1.82, 2.24) is 0 Å². The third-order valence-electron chi connectivity index (χ3n) is 2.29. The van der Waals surface area contributed by atoms with Gasteiger partial charge in [0, 0.05) is 0 Å². The van der Waals surface area contributed by atoms with Crippen LogP contribution in [-0.4, -0.2) is 10.2 Å². The first-order valence-electron chi connectivity index (χ1n) is 4.89. The van der Waals surface area contributed by atoms with Crippen LogP contribution in [0, 0.1) is 0 Å². The van der Waals surface area contributed by atoms with Gasteiger partial charge in [-0.15, -0.1) is 5.70 Å². The van der Waals surface area contributed by atoms with Gasteiger partial charge in [-0.3, -0.25) is 0 Å². The Hall–Kier alpha value is -1.60. The molecule has 0 fully saturated rings. The van der Waals surface area contributed by atoms with Crippen molar-refractivity contribution in [3.63, 3.8) is 0 Å². The molecule has 0 aliphatic rings. The van der Waals surface area contributed by atoms with Crippen molar-refractivity contribution in [2.45, 2.75) is 0 Å². The summed E-state index contributed by atoms with van der Waals surface area (Å²) in [5.41, 5.74) is 5.56. The van der Waals surface area contributed by atoms with Crippen LogP contribution in [0.1, 0.15) is 5.56 Å². The highest BCUT2D eigenvalue weighted by molar-refractivity contribution is 6.19. The minimum atomic E-state index is 1.20. The summed E-state index contributed by atoms with van der Waals surface area (Å²) >= 11 is 0. The molecule has 3 radical (unpaired) electrons. The van der Waals surface area contributed by atoms with E-state index in [0.717, 1.165) is 0 Å². The Labute approximate surface area is 93.7 Å². The fraction of sp³-hybridized carbons (Fsp3) is 0. The van der Waals surface area contributed by atoms with E-state index >= 15 is 0 Å². The SMILES string of the molecule is [Si]/C=C/c1ccc(-c2ccccc2)cc1. The molecule has 0 spiro atoms. The normalized spacial score (nSPS) is 10.7. The van der Waals surface area contributed by atoms with Gasteiger partial charge in [-0.25, -0.2) is 0 Å². The standard InChI is InChI=1S/C14H11Si/c15-11-10-12-6-8-14(9-7-12)13-4-2-1-3-5-13/h1-11H/b11-10+. The van der Waals surface area contributed by atoms with Crippen LogP contribution in [0.3, 0.4) is 0 Å². The number of benzene rings is 2. The Bertz CT molecular complexity index is 441. The number of rotatable bonds is 2. The van der Waals surface area contributed by atoms with Gasteiger partial charge in [0.25, 0.3) is 0 Å². The van der Waals surface area contributed by atoms with Crippen molar-refractivity contribution in [2.75, 3.05) is 0 Å². The summed E-state index contributed by atoms with van der Waals surface area (Å²) < 4.78 is 0. The Morgan fingerprint density at radius 1 is 0.733 bits per heavy atom. The quantitative estimate of drug-likeness (QED) is 0.661. The summed E-state index contributed by atoms with van der Waals surface area (Å²) in [5, 5.41) is 0. The van der Waals surface area contributed by atoms with E-state index in [4.69, 9.17) is 0 Å². The lowest BCUT2D eigenvalue weighted by atomic mass is 10.0. The van der Waals surface area contributed by atoms with Gasteiger partial charge in [0.1, 0.15) is 0 Å². The molecule has 0 saturated carbocycles. The van der Waals surface area contributed by atoms with E-state index in [1.54, 1.807) is 0 Å². The first-order valence-corrected chi connectivity index (χ1v) is 5.47. The van der Waals surface area contributed by atoms with Gasteiger partial charge in [-0.2, -0.15) is 0 Å².